The normalized spacial score (nSPS) is 19.0. The lowest BCUT2D eigenvalue weighted by Crippen LogP contribution is -2.43. The van der Waals surface area contributed by atoms with Crippen LogP contribution in [0, 0.1) is 11.8 Å². The highest BCUT2D eigenvalue weighted by molar-refractivity contribution is 5.76. The van der Waals surface area contributed by atoms with E-state index in [9.17, 15) is 4.79 Å². The molecule has 0 radical (unpaired) electrons. The van der Waals surface area contributed by atoms with Crippen LogP contribution in [0.1, 0.15) is 50.4 Å². The number of piperidine rings is 1. The van der Waals surface area contributed by atoms with E-state index in [2.05, 4.69) is 40.1 Å². The summed E-state index contributed by atoms with van der Waals surface area (Å²) < 4.78 is 0. The Balaban J connectivity index is 1.71. The number of hydrogen-bond donors (Lipinski definition) is 1. The number of nitrogens with zero attached hydrogens (tertiary/aromatic N) is 3. The summed E-state index contributed by atoms with van der Waals surface area (Å²) in [6.45, 7) is 7.09. The molecule has 5 heteroatoms. The van der Waals surface area contributed by atoms with Crippen LogP contribution in [0.5, 0.6) is 0 Å². The second-order valence-corrected chi connectivity index (χ2v) is 7.90. The van der Waals surface area contributed by atoms with Crippen LogP contribution < -0.4 is 5.32 Å². The Morgan fingerprint density at radius 2 is 2.15 bits per heavy atom. The summed E-state index contributed by atoms with van der Waals surface area (Å²) in [5.41, 5.74) is 2.19. The molecule has 0 bridgehead atoms. The van der Waals surface area contributed by atoms with Crippen molar-refractivity contribution in [2.75, 3.05) is 13.1 Å². The Morgan fingerprint density at radius 1 is 1.26 bits per heavy atom. The smallest absolute Gasteiger partial charge is 0.220 e. The van der Waals surface area contributed by atoms with E-state index in [0.29, 0.717) is 18.3 Å². The number of carbonyl (C=O) groups excluding carboxylic acids is 1. The summed E-state index contributed by atoms with van der Waals surface area (Å²) in [6.07, 6.45) is 8.35. The van der Waals surface area contributed by atoms with Gasteiger partial charge in [-0.2, -0.15) is 0 Å². The maximum absolute atomic E-state index is 12.5. The van der Waals surface area contributed by atoms with Crippen LogP contribution in [0.2, 0.25) is 0 Å². The van der Waals surface area contributed by atoms with E-state index in [1.54, 1.807) is 0 Å². The summed E-state index contributed by atoms with van der Waals surface area (Å²) in [5, 5.41) is 3.28. The van der Waals surface area contributed by atoms with Crippen LogP contribution in [0.3, 0.4) is 0 Å². The van der Waals surface area contributed by atoms with Gasteiger partial charge in [-0.1, -0.05) is 26.0 Å². The summed E-state index contributed by atoms with van der Waals surface area (Å²) in [4.78, 5) is 23.7. The molecule has 27 heavy (non-hydrogen) atoms. The van der Waals surface area contributed by atoms with E-state index in [-0.39, 0.29) is 11.9 Å². The average molecular weight is 367 g/mol. The van der Waals surface area contributed by atoms with Crippen molar-refractivity contribution in [2.24, 2.45) is 11.8 Å². The topological polar surface area (TPSA) is 58.1 Å². The summed E-state index contributed by atoms with van der Waals surface area (Å²) in [6, 6.07) is 10.0. The third-order valence-corrected chi connectivity index (χ3v) is 5.06. The highest BCUT2D eigenvalue weighted by atomic mass is 16.1. The van der Waals surface area contributed by atoms with Crippen LogP contribution in [-0.4, -0.2) is 33.9 Å². The third kappa shape index (κ3) is 5.86. The standard InChI is InChI=1S/C22H30N4O/c1-17(2)13-21(27)25-22(20-9-3-4-11-24-20)19-8-6-12-26(16-19)15-18-7-5-10-23-14-18/h3-5,7,9-11,14,17,19,22H,6,8,12-13,15-16H2,1-2H3,(H,25,27). The van der Waals surface area contributed by atoms with Gasteiger partial charge in [0.05, 0.1) is 11.7 Å². The first-order valence-corrected chi connectivity index (χ1v) is 9.93. The van der Waals surface area contributed by atoms with Crippen molar-refractivity contribution in [3.05, 3.63) is 60.2 Å². The summed E-state index contributed by atoms with van der Waals surface area (Å²) >= 11 is 0. The molecule has 0 saturated carbocycles. The quantitative estimate of drug-likeness (QED) is 0.813. The number of rotatable bonds is 7. The van der Waals surface area contributed by atoms with Gasteiger partial charge in [-0.25, -0.2) is 0 Å². The lowest BCUT2D eigenvalue weighted by atomic mass is 9.88. The van der Waals surface area contributed by atoms with Crippen molar-refractivity contribution in [3.63, 3.8) is 0 Å². The molecular weight excluding hydrogens is 336 g/mol. The first kappa shape index (κ1) is 19.5. The number of nitrogens with one attached hydrogen (secondary N) is 1. The second kappa shape index (κ2) is 9.60. The van der Waals surface area contributed by atoms with Gasteiger partial charge in [0.2, 0.25) is 5.91 Å². The minimum Gasteiger partial charge on any atom is -0.347 e. The predicted octanol–water partition coefficient (Wildman–Crippen LogP) is 3.59. The minimum atomic E-state index is -0.0332. The van der Waals surface area contributed by atoms with Crippen molar-refractivity contribution in [3.8, 4) is 0 Å². The van der Waals surface area contributed by atoms with Crippen molar-refractivity contribution in [1.29, 1.82) is 0 Å². The van der Waals surface area contributed by atoms with Gasteiger partial charge >= 0.3 is 0 Å². The number of aromatic nitrogens is 2. The first-order chi connectivity index (χ1) is 13.1. The maximum atomic E-state index is 12.5. The van der Waals surface area contributed by atoms with Gasteiger partial charge in [-0.15, -0.1) is 0 Å². The molecule has 5 nitrogen and oxygen atoms in total. The number of amides is 1. The van der Waals surface area contributed by atoms with Gasteiger partial charge in [0.15, 0.2) is 0 Å². The van der Waals surface area contributed by atoms with Gasteiger partial charge < -0.3 is 5.32 Å². The van der Waals surface area contributed by atoms with Gasteiger partial charge in [-0.05, 0) is 55.0 Å². The van der Waals surface area contributed by atoms with E-state index in [0.717, 1.165) is 38.2 Å². The molecule has 3 rings (SSSR count). The maximum Gasteiger partial charge on any atom is 0.220 e. The molecule has 2 unspecified atom stereocenters. The molecule has 1 amide bonds. The van der Waals surface area contributed by atoms with E-state index < -0.39 is 0 Å². The molecule has 1 saturated heterocycles. The largest absolute Gasteiger partial charge is 0.347 e. The van der Waals surface area contributed by atoms with E-state index in [1.165, 1.54) is 5.56 Å². The highest BCUT2D eigenvalue weighted by Gasteiger charge is 2.30. The van der Waals surface area contributed by atoms with Crippen molar-refractivity contribution in [1.82, 2.24) is 20.2 Å². The predicted molar refractivity (Wildman–Crippen MR) is 107 cm³/mol. The molecule has 0 aliphatic carbocycles. The molecule has 144 valence electrons. The lowest BCUT2D eigenvalue weighted by molar-refractivity contribution is -0.123. The molecule has 2 aromatic heterocycles. The fourth-order valence-electron chi connectivity index (χ4n) is 3.85. The fraction of sp³-hybridized carbons (Fsp3) is 0.500. The Kier molecular flexibility index (Phi) is 6.93. The van der Waals surface area contributed by atoms with E-state index in [1.807, 2.05) is 42.9 Å². The average Bonchev–Trinajstić information content (AvgIpc) is 2.67. The zero-order valence-electron chi connectivity index (χ0n) is 16.3. The minimum absolute atomic E-state index is 0.0332. The van der Waals surface area contributed by atoms with Gasteiger partial charge in [-0.3, -0.25) is 19.7 Å². The van der Waals surface area contributed by atoms with Gasteiger partial charge in [0.25, 0.3) is 0 Å². The Labute approximate surface area is 162 Å². The van der Waals surface area contributed by atoms with Crippen LogP contribution >= 0.6 is 0 Å². The van der Waals surface area contributed by atoms with E-state index in [4.69, 9.17) is 0 Å². The van der Waals surface area contributed by atoms with Crippen LogP contribution in [-0.2, 0) is 11.3 Å². The Bertz CT molecular complexity index is 705. The van der Waals surface area contributed by atoms with Crippen LogP contribution in [0.15, 0.2) is 48.9 Å². The first-order valence-electron chi connectivity index (χ1n) is 9.93. The van der Waals surface area contributed by atoms with Crippen molar-refractivity contribution >= 4 is 5.91 Å². The second-order valence-electron chi connectivity index (χ2n) is 7.90. The Hall–Kier alpha value is -2.27. The lowest BCUT2D eigenvalue weighted by Gasteiger charge is -2.37. The SMILES string of the molecule is CC(C)CC(=O)NC(c1ccccn1)C1CCCN(Cc2cccnc2)C1. The molecule has 1 aliphatic heterocycles. The van der Waals surface area contributed by atoms with Crippen LogP contribution in [0.4, 0.5) is 0 Å². The molecule has 1 fully saturated rings. The molecule has 1 N–H and O–H groups in total. The summed E-state index contributed by atoms with van der Waals surface area (Å²) in [7, 11) is 0. The van der Waals surface area contributed by atoms with Crippen molar-refractivity contribution in [2.45, 2.75) is 45.7 Å². The fourth-order valence-corrected chi connectivity index (χ4v) is 3.85. The Morgan fingerprint density at radius 3 is 2.85 bits per heavy atom. The number of likely N-dealkylation sites (tertiary alicyclic amines) is 1. The summed E-state index contributed by atoms with van der Waals surface area (Å²) in [5.74, 6) is 0.828. The zero-order chi connectivity index (χ0) is 19.1. The molecule has 1 aliphatic rings. The highest BCUT2D eigenvalue weighted by Crippen LogP contribution is 2.30. The molecule has 2 aromatic rings. The number of hydrogen-bond acceptors (Lipinski definition) is 4. The third-order valence-electron chi connectivity index (χ3n) is 5.06. The monoisotopic (exact) mass is 366 g/mol. The number of carbonyl (C=O) groups is 1. The molecule has 0 aromatic carbocycles. The van der Waals surface area contributed by atoms with Crippen molar-refractivity contribution < 1.29 is 4.79 Å². The van der Waals surface area contributed by atoms with E-state index >= 15 is 0 Å². The molecule has 0 spiro atoms. The van der Waals surface area contributed by atoms with Crippen LogP contribution in [0.25, 0.3) is 0 Å². The zero-order valence-corrected chi connectivity index (χ0v) is 16.3. The molecular formula is C22H30N4O. The molecule has 2 atom stereocenters. The van der Waals surface area contributed by atoms with Gasteiger partial charge in [0.1, 0.15) is 0 Å². The van der Waals surface area contributed by atoms with Gasteiger partial charge in [0, 0.05) is 38.1 Å². The number of pyridine rings is 2. The molecule has 3 heterocycles.